The molecule has 1 aromatic rings. The standard InChI is InChI=1S/C14H22ClNO/c1-4-13(5-2)16-8-9-17-14-10-12(15)7-6-11(14)3/h6-7,10,13,16H,4-5,8-9H2,1-3H3. The van der Waals surface area contributed by atoms with Crippen molar-refractivity contribution >= 4 is 11.6 Å². The molecule has 0 aliphatic rings. The summed E-state index contributed by atoms with van der Waals surface area (Å²) in [6.45, 7) is 7.97. The Morgan fingerprint density at radius 2 is 2.00 bits per heavy atom. The normalized spacial score (nSPS) is 10.9. The maximum Gasteiger partial charge on any atom is 0.123 e. The molecule has 1 rings (SSSR count). The average molecular weight is 256 g/mol. The molecule has 1 aromatic carbocycles. The summed E-state index contributed by atoms with van der Waals surface area (Å²) in [5, 5.41) is 4.19. The zero-order chi connectivity index (χ0) is 12.7. The Balaban J connectivity index is 2.33. The third-order valence-corrected chi connectivity index (χ3v) is 3.16. The Morgan fingerprint density at radius 1 is 1.29 bits per heavy atom. The number of nitrogens with one attached hydrogen (secondary N) is 1. The first-order chi connectivity index (χ1) is 8.17. The molecule has 0 saturated carbocycles. The Kier molecular flexibility index (Phi) is 6.38. The van der Waals surface area contributed by atoms with Crippen LogP contribution in [0.15, 0.2) is 18.2 Å². The fourth-order valence-electron chi connectivity index (χ4n) is 1.73. The summed E-state index contributed by atoms with van der Waals surface area (Å²) >= 11 is 5.93. The van der Waals surface area contributed by atoms with Gasteiger partial charge in [-0.25, -0.2) is 0 Å². The fourth-order valence-corrected chi connectivity index (χ4v) is 1.89. The summed E-state index contributed by atoms with van der Waals surface area (Å²) < 4.78 is 5.71. The lowest BCUT2D eigenvalue weighted by atomic mass is 10.2. The summed E-state index contributed by atoms with van der Waals surface area (Å²) in [5.41, 5.74) is 1.12. The van der Waals surface area contributed by atoms with Crippen molar-refractivity contribution in [2.45, 2.75) is 39.7 Å². The first kappa shape index (κ1) is 14.3. The molecule has 0 unspecified atom stereocenters. The second-order valence-electron chi connectivity index (χ2n) is 4.23. The van der Waals surface area contributed by atoms with Gasteiger partial charge in [0.1, 0.15) is 12.4 Å². The maximum atomic E-state index is 5.93. The largest absolute Gasteiger partial charge is 0.492 e. The summed E-state index contributed by atoms with van der Waals surface area (Å²) in [6.07, 6.45) is 2.32. The van der Waals surface area contributed by atoms with Crippen LogP contribution in [0.3, 0.4) is 0 Å². The Labute approximate surface area is 109 Å². The van der Waals surface area contributed by atoms with Gasteiger partial charge in [0.15, 0.2) is 0 Å². The van der Waals surface area contributed by atoms with Crippen molar-refractivity contribution in [1.82, 2.24) is 5.32 Å². The molecule has 0 aliphatic carbocycles. The van der Waals surface area contributed by atoms with E-state index in [4.69, 9.17) is 16.3 Å². The van der Waals surface area contributed by atoms with Crippen LogP contribution in [0.5, 0.6) is 5.75 Å². The van der Waals surface area contributed by atoms with Crippen LogP contribution in [0.4, 0.5) is 0 Å². The van der Waals surface area contributed by atoms with Crippen LogP contribution in [0.25, 0.3) is 0 Å². The lowest BCUT2D eigenvalue weighted by Crippen LogP contribution is -2.31. The number of halogens is 1. The molecule has 3 heteroatoms. The number of benzene rings is 1. The van der Waals surface area contributed by atoms with E-state index in [1.807, 2.05) is 25.1 Å². The maximum absolute atomic E-state index is 5.93. The molecular weight excluding hydrogens is 234 g/mol. The zero-order valence-electron chi connectivity index (χ0n) is 10.9. The SMILES string of the molecule is CCC(CC)NCCOc1cc(Cl)ccc1C. The molecule has 96 valence electrons. The van der Waals surface area contributed by atoms with Gasteiger partial charge in [0.2, 0.25) is 0 Å². The topological polar surface area (TPSA) is 21.3 Å². The molecule has 17 heavy (non-hydrogen) atoms. The van der Waals surface area contributed by atoms with E-state index in [1.54, 1.807) is 0 Å². The molecule has 0 radical (unpaired) electrons. The smallest absolute Gasteiger partial charge is 0.123 e. The summed E-state index contributed by atoms with van der Waals surface area (Å²) in [7, 11) is 0. The van der Waals surface area contributed by atoms with Gasteiger partial charge < -0.3 is 10.1 Å². The number of hydrogen-bond acceptors (Lipinski definition) is 2. The minimum absolute atomic E-state index is 0.596. The quantitative estimate of drug-likeness (QED) is 0.749. The Hall–Kier alpha value is -0.730. The third-order valence-electron chi connectivity index (χ3n) is 2.93. The molecule has 0 spiro atoms. The second-order valence-corrected chi connectivity index (χ2v) is 4.66. The van der Waals surface area contributed by atoms with Gasteiger partial charge in [0, 0.05) is 17.6 Å². The van der Waals surface area contributed by atoms with E-state index in [2.05, 4.69) is 19.2 Å². The number of rotatable bonds is 7. The summed E-state index contributed by atoms with van der Waals surface area (Å²) in [6, 6.07) is 6.32. The van der Waals surface area contributed by atoms with Gasteiger partial charge in [-0.1, -0.05) is 31.5 Å². The van der Waals surface area contributed by atoms with Gasteiger partial charge in [0.05, 0.1) is 0 Å². The molecular formula is C14H22ClNO. The van der Waals surface area contributed by atoms with Crippen LogP contribution in [-0.4, -0.2) is 19.2 Å². The van der Waals surface area contributed by atoms with Gasteiger partial charge in [0.25, 0.3) is 0 Å². The van der Waals surface area contributed by atoms with Crippen LogP contribution in [0, 0.1) is 6.92 Å². The van der Waals surface area contributed by atoms with Crippen molar-refractivity contribution in [2.75, 3.05) is 13.2 Å². The van der Waals surface area contributed by atoms with Crippen molar-refractivity contribution in [1.29, 1.82) is 0 Å². The molecule has 0 heterocycles. The molecule has 0 aromatic heterocycles. The van der Waals surface area contributed by atoms with Crippen LogP contribution >= 0.6 is 11.6 Å². The van der Waals surface area contributed by atoms with Gasteiger partial charge in [-0.3, -0.25) is 0 Å². The average Bonchev–Trinajstić information content (AvgIpc) is 2.33. The molecule has 0 bridgehead atoms. The minimum atomic E-state index is 0.596. The van der Waals surface area contributed by atoms with Crippen molar-refractivity contribution in [3.8, 4) is 5.75 Å². The number of aryl methyl sites for hydroxylation is 1. The zero-order valence-corrected chi connectivity index (χ0v) is 11.7. The van der Waals surface area contributed by atoms with Crippen molar-refractivity contribution < 1.29 is 4.74 Å². The molecule has 0 atom stereocenters. The van der Waals surface area contributed by atoms with E-state index < -0.39 is 0 Å². The van der Waals surface area contributed by atoms with E-state index >= 15 is 0 Å². The lowest BCUT2D eigenvalue weighted by Gasteiger charge is -2.15. The van der Waals surface area contributed by atoms with E-state index in [1.165, 1.54) is 0 Å². The van der Waals surface area contributed by atoms with Crippen LogP contribution in [-0.2, 0) is 0 Å². The predicted molar refractivity (Wildman–Crippen MR) is 74.1 cm³/mol. The van der Waals surface area contributed by atoms with E-state index in [-0.39, 0.29) is 0 Å². The first-order valence-electron chi connectivity index (χ1n) is 6.29. The van der Waals surface area contributed by atoms with Crippen molar-refractivity contribution in [2.24, 2.45) is 0 Å². The van der Waals surface area contributed by atoms with E-state index in [0.717, 1.165) is 35.7 Å². The highest BCUT2D eigenvalue weighted by Crippen LogP contribution is 2.22. The van der Waals surface area contributed by atoms with Crippen LogP contribution in [0.2, 0.25) is 5.02 Å². The minimum Gasteiger partial charge on any atom is -0.492 e. The Bertz CT molecular complexity index is 337. The third kappa shape index (κ3) is 4.97. The van der Waals surface area contributed by atoms with Gasteiger partial charge in [-0.2, -0.15) is 0 Å². The predicted octanol–water partition coefficient (Wildman–Crippen LogP) is 3.81. The molecule has 1 N–H and O–H groups in total. The fraction of sp³-hybridized carbons (Fsp3) is 0.571. The van der Waals surface area contributed by atoms with E-state index in [9.17, 15) is 0 Å². The van der Waals surface area contributed by atoms with E-state index in [0.29, 0.717) is 12.6 Å². The number of hydrogen-bond donors (Lipinski definition) is 1. The van der Waals surface area contributed by atoms with Crippen LogP contribution in [0.1, 0.15) is 32.3 Å². The lowest BCUT2D eigenvalue weighted by molar-refractivity contribution is 0.300. The highest BCUT2D eigenvalue weighted by atomic mass is 35.5. The highest BCUT2D eigenvalue weighted by Gasteiger charge is 2.03. The highest BCUT2D eigenvalue weighted by molar-refractivity contribution is 6.30. The Morgan fingerprint density at radius 3 is 2.65 bits per heavy atom. The van der Waals surface area contributed by atoms with Crippen molar-refractivity contribution in [3.05, 3.63) is 28.8 Å². The number of ether oxygens (including phenoxy) is 1. The molecule has 0 saturated heterocycles. The molecule has 2 nitrogen and oxygen atoms in total. The molecule has 0 fully saturated rings. The van der Waals surface area contributed by atoms with Gasteiger partial charge >= 0.3 is 0 Å². The van der Waals surface area contributed by atoms with Gasteiger partial charge in [-0.15, -0.1) is 0 Å². The summed E-state index contributed by atoms with van der Waals surface area (Å²) in [5.74, 6) is 0.879. The molecule has 0 aliphatic heterocycles. The summed E-state index contributed by atoms with van der Waals surface area (Å²) in [4.78, 5) is 0. The van der Waals surface area contributed by atoms with Crippen LogP contribution < -0.4 is 10.1 Å². The second kappa shape index (κ2) is 7.57. The van der Waals surface area contributed by atoms with Gasteiger partial charge in [-0.05, 0) is 37.5 Å². The monoisotopic (exact) mass is 255 g/mol. The first-order valence-corrected chi connectivity index (χ1v) is 6.67. The molecule has 0 amide bonds. The van der Waals surface area contributed by atoms with Crippen molar-refractivity contribution in [3.63, 3.8) is 0 Å².